The molecule has 1 heterocycles. The minimum Gasteiger partial charge on any atom is -0.497 e. The molecule has 0 saturated carbocycles. The largest absolute Gasteiger partial charge is 0.497 e. The van der Waals surface area contributed by atoms with Crippen LogP contribution in [-0.2, 0) is 6.42 Å². The summed E-state index contributed by atoms with van der Waals surface area (Å²) in [5.74, 6) is 0.841. The molecule has 0 spiro atoms. The van der Waals surface area contributed by atoms with Crippen LogP contribution >= 0.6 is 11.6 Å². The third-order valence-electron chi connectivity index (χ3n) is 6.12. The van der Waals surface area contributed by atoms with Gasteiger partial charge in [0.25, 0.3) is 0 Å². The standard InChI is InChI=1S/C27H30ClN3O2/c1-33-25-13-7-21(8-14-25)15-16-29-27(32)31-19-17-30(18-20-31)26(22-5-3-2-4-6-22)23-9-11-24(28)12-10-23/h2-14,26H,15-20H2,1H3,(H,29,32). The van der Waals surface area contributed by atoms with Crippen molar-refractivity contribution >= 4 is 17.6 Å². The van der Waals surface area contributed by atoms with Crippen molar-refractivity contribution in [2.45, 2.75) is 12.5 Å². The number of carbonyl (C=O) groups excluding carboxylic acids is 1. The highest BCUT2D eigenvalue weighted by Crippen LogP contribution is 2.30. The minimum atomic E-state index is 0.00548. The fourth-order valence-corrected chi connectivity index (χ4v) is 4.42. The van der Waals surface area contributed by atoms with Gasteiger partial charge in [0, 0.05) is 37.7 Å². The molecule has 172 valence electrons. The molecule has 0 bridgehead atoms. The van der Waals surface area contributed by atoms with E-state index in [1.54, 1.807) is 7.11 Å². The average Bonchev–Trinajstić information content (AvgIpc) is 2.87. The summed E-state index contributed by atoms with van der Waals surface area (Å²) in [5.41, 5.74) is 3.63. The highest BCUT2D eigenvalue weighted by Gasteiger charge is 2.28. The Morgan fingerprint density at radius 3 is 2.18 bits per heavy atom. The molecule has 1 aliphatic rings. The Morgan fingerprint density at radius 1 is 0.909 bits per heavy atom. The number of ether oxygens (including phenoxy) is 1. The van der Waals surface area contributed by atoms with E-state index in [0.717, 1.165) is 30.3 Å². The van der Waals surface area contributed by atoms with Crippen molar-refractivity contribution in [2.75, 3.05) is 39.8 Å². The molecule has 0 radical (unpaired) electrons. The van der Waals surface area contributed by atoms with Gasteiger partial charge in [0.05, 0.1) is 13.2 Å². The van der Waals surface area contributed by atoms with Gasteiger partial charge >= 0.3 is 6.03 Å². The molecule has 3 aromatic carbocycles. The van der Waals surface area contributed by atoms with Gasteiger partial charge in [-0.1, -0.05) is 66.2 Å². The molecule has 5 nitrogen and oxygen atoms in total. The van der Waals surface area contributed by atoms with Gasteiger partial charge in [0.2, 0.25) is 0 Å². The lowest BCUT2D eigenvalue weighted by atomic mass is 9.96. The number of rotatable bonds is 7. The van der Waals surface area contributed by atoms with Crippen LogP contribution < -0.4 is 10.1 Å². The van der Waals surface area contributed by atoms with E-state index in [0.29, 0.717) is 19.6 Å². The molecule has 1 unspecified atom stereocenters. The van der Waals surface area contributed by atoms with E-state index in [2.05, 4.69) is 46.6 Å². The molecule has 1 atom stereocenters. The highest BCUT2D eigenvalue weighted by atomic mass is 35.5. The first-order valence-corrected chi connectivity index (χ1v) is 11.7. The molecular weight excluding hydrogens is 434 g/mol. The van der Waals surface area contributed by atoms with Gasteiger partial charge in [-0.3, -0.25) is 4.90 Å². The summed E-state index contributed by atoms with van der Waals surface area (Å²) in [7, 11) is 1.66. The van der Waals surface area contributed by atoms with Crippen molar-refractivity contribution < 1.29 is 9.53 Å². The fraction of sp³-hybridized carbons (Fsp3) is 0.296. The first kappa shape index (κ1) is 23.1. The summed E-state index contributed by atoms with van der Waals surface area (Å²) in [6.07, 6.45) is 0.794. The molecular formula is C27H30ClN3O2. The first-order valence-electron chi connectivity index (χ1n) is 11.3. The number of hydrogen-bond donors (Lipinski definition) is 1. The van der Waals surface area contributed by atoms with Crippen LogP contribution in [0.4, 0.5) is 4.79 Å². The van der Waals surface area contributed by atoms with Gasteiger partial charge in [-0.15, -0.1) is 0 Å². The Bertz CT molecular complexity index is 1020. The van der Waals surface area contributed by atoms with Gasteiger partial charge in [-0.05, 0) is 47.4 Å². The van der Waals surface area contributed by atoms with E-state index >= 15 is 0 Å². The zero-order valence-corrected chi connectivity index (χ0v) is 19.7. The van der Waals surface area contributed by atoms with E-state index in [4.69, 9.17) is 16.3 Å². The monoisotopic (exact) mass is 463 g/mol. The number of hydrogen-bond acceptors (Lipinski definition) is 3. The van der Waals surface area contributed by atoms with Crippen LogP contribution in [0.3, 0.4) is 0 Å². The minimum absolute atomic E-state index is 0.00548. The number of nitrogens with zero attached hydrogens (tertiary/aromatic N) is 2. The molecule has 0 aliphatic carbocycles. The molecule has 0 aromatic heterocycles. The number of piperazine rings is 1. The van der Waals surface area contributed by atoms with Crippen LogP contribution in [0.5, 0.6) is 5.75 Å². The second-order valence-corrected chi connectivity index (χ2v) is 8.65. The average molecular weight is 464 g/mol. The van der Waals surface area contributed by atoms with E-state index in [1.165, 1.54) is 16.7 Å². The predicted octanol–water partition coefficient (Wildman–Crippen LogP) is 5.01. The van der Waals surface area contributed by atoms with E-state index in [9.17, 15) is 4.79 Å². The summed E-state index contributed by atoms with van der Waals surface area (Å²) < 4.78 is 5.19. The third-order valence-corrected chi connectivity index (χ3v) is 6.37. The number of amides is 2. The van der Waals surface area contributed by atoms with Crippen LogP contribution in [-0.4, -0.2) is 55.7 Å². The second kappa shape index (κ2) is 11.2. The van der Waals surface area contributed by atoms with Crippen LogP contribution in [0.15, 0.2) is 78.9 Å². The lowest BCUT2D eigenvalue weighted by molar-refractivity contribution is 0.120. The van der Waals surface area contributed by atoms with Crippen molar-refractivity contribution in [1.29, 1.82) is 0 Å². The zero-order chi connectivity index (χ0) is 23.0. The molecule has 33 heavy (non-hydrogen) atoms. The number of carbonyl (C=O) groups is 1. The van der Waals surface area contributed by atoms with E-state index in [-0.39, 0.29) is 12.1 Å². The number of methoxy groups -OCH3 is 1. The fourth-order valence-electron chi connectivity index (χ4n) is 4.30. The Morgan fingerprint density at radius 2 is 1.55 bits per heavy atom. The summed E-state index contributed by atoms with van der Waals surface area (Å²) in [6, 6.07) is 26.7. The van der Waals surface area contributed by atoms with Crippen molar-refractivity contribution in [1.82, 2.24) is 15.1 Å². The maximum Gasteiger partial charge on any atom is 0.317 e. The summed E-state index contributed by atoms with van der Waals surface area (Å²) in [4.78, 5) is 17.1. The van der Waals surface area contributed by atoms with Crippen LogP contribution in [0.25, 0.3) is 0 Å². The Kier molecular flexibility index (Phi) is 7.87. The molecule has 1 fully saturated rings. The molecule has 6 heteroatoms. The summed E-state index contributed by atoms with van der Waals surface area (Å²) in [6.45, 7) is 3.64. The zero-order valence-electron chi connectivity index (χ0n) is 18.9. The van der Waals surface area contributed by atoms with E-state index in [1.807, 2.05) is 47.4 Å². The molecule has 3 aromatic rings. The third kappa shape index (κ3) is 6.06. The van der Waals surface area contributed by atoms with Crippen LogP contribution in [0.1, 0.15) is 22.7 Å². The maximum absolute atomic E-state index is 12.7. The SMILES string of the molecule is COc1ccc(CCNC(=O)N2CCN(C(c3ccccc3)c3ccc(Cl)cc3)CC2)cc1. The van der Waals surface area contributed by atoms with Gasteiger partial charge < -0.3 is 15.0 Å². The van der Waals surface area contributed by atoms with Gasteiger partial charge in [-0.2, -0.15) is 0 Å². The molecule has 4 rings (SSSR count). The molecule has 2 amide bonds. The number of benzene rings is 3. The van der Waals surface area contributed by atoms with Gasteiger partial charge in [0.15, 0.2) is 0 Å². The second-order valence-electron chi connectivity index (χ2n) is 8.22. The Hall–Kier alpha value is -3.02. The lowest BCUT2D eigenvalue weighted by Gasteiger charge is -2.39. The van der Waals surface area contributed by atoms with E-state index < -0.39 is 0 Å². The smallest absolute Gasteiger partial charge is 0.317 e. The number of nitrogens with one attached hydrogen (secondary N) is 1. The first-order chi connectivity index (χ1) is 16.1. The lowest BCUT2D eigenvalue weighted by Crippen LogP contribution is -2.52. The van der Waals surface area contributed by atoms with Gasteiger partial charge in [-0.25, -0.2) is 4.79 Å². The molecule has 1 saturated heterocycles. The van der Waals surface area contributed by atoms with Gasteiger partial charge in [0.1, 0.15) is 5.75 Å². The maximum atomic E-state index is 12.7. The summed E-state index contributed by atoms with van der Waals surface area (Å²) >= 11 is 6.13. The van der Waals surface area contributed by atoms with Crippen LogP contribution in [0.2, 0.25) is 5.02 Å². The topological polar surface area (TPSA) is 44.8 Å². The van der Waals surface area contributed by atoms with Crippen molar-refractivity contribution in [3.63, 3.8) is 0 Å². The predicted molar refractivity (Wildman–Crippen MR) is 133 cm³/mol. The highest BCUT2D eigenvalue weighted by molar-refractivity contribution is 6.30. The Balaban J connectivity index is 1.33. The van der Waals surface area contributed by atoms with Crippen molar-refractivity contribution in [3.8, 4) is 5.75 Å². The number of urea groups is 1. The number of halogens is 1. The normalized spacial score (nSPS) is 15.2. The molecule has 1 aliphatic heterocycles. The van der Waals surface area contributed by atoms with Crippen molar-refractivity contribution in [2.24, 2.45) is 0 Å². The quantitative estimate of drug-likeness (QED) is 0.535. The molecule has 1 N–H and O–H groups in total. The summed E-state index contributed by atoms with van der Waals surface area (Å²) in [5, 5.41) is 3.80. The Labute approximate surface area is 200 Å². The van der Waals surface area contributed by atoms with Crippen molar-refractivity contribution in [3.05, 3.63) is 101 Å². The van der Waals surface area contributed by atoms with Crippen LogP contribution in [0, 0.1) is 0 Å².